The lowest BCUT2D eigenvalue weighted by Crippen LogP contribution is -2.35. The highest BCUT2D eigenvalue weighted by atomic mass is 16.5. The average molecular weight is 434 g/mol. The van der Waals surface area contributed by atoms with Crippen LogP contribution >= 0.6 is 0 Å². The van der Waals surface area contributed by atoms with Gasteiger partial charge in [0.05, 0.1) is 0 Å². The molecule has 1 fully saturated rings. The smallest absolute Gasteiger partial charge is 0.339 e. The molecular formula is C27H31NO4. The fourth-order valence-electron chi connectivity index (χ4n) is 4.34. The molecule has 0 unspecified atom stereocenters. The van der Waals surface area contributed by atoms with Gasteiger partial charge < -0.3 is 14.1 Å². The highest BCUT2D eigenvalue weighted by Crippen LogP contribution is 2.29. The summed E-state index contributed by atoms with van der Waals surface area (Å²) in [7, 11) is 2.12. The number of piperidine rings is 1. The van der Waals surface area contributed by atoms with Crippen molar-refractivity contribution in [1.29, 1.82) is 0 Å². The summed E-state index contributed by atoms with van der Waals surface area (Å²) in [5, 5.41) is 0.814. The van der Waals surface area contributed by atoms with Crippen molar-refractivity contribution < 1.29 is 13.9 Å². The summed E-state index contributed by atoms with van der Waals surface area (Å²) in [6.07, 6.45) is 3.46. The molecule has 1 aromatic heterocycles. The van der Waals surface area contributed by atoms with Crippen LogP contribution in [0.1, 0.15) is 42.0 Å². The summed E-state index contributed by atoms with van der Waals surface area (Å²) in [6, 6.07) is 13.7. The monoisotopic (exact) mass is 433 g/mol. The third-order valence-corrected chi connectivity index (χ3v) is 6.32. The Morgan fingerprint density at radius 2 is 1.84 bits per heavy atom. The third kappa shape index (κ3) is 5.10. The van der Waals surface area contributed by atoms with Gasteiger partial charge in [0.1, 0.15) is 23.2 Å². The lowest BCUT2D eigenvalue weighted by Gasteiger charge is -2.29. The Bertz CT molecular complexity index is 1170. The van der Waals surface area contributed by atoms with Crippen LogP contribution in [0.5, 0.6) is 5.75 Å². The summed E-state index contributed by atoms with van der Waals surface area (Å²) >= 11 is 0. The van der Waals surface area contributed by atoms with Crippen molar-refractivity contribution in [2.75, 3.05) is 20.1 Å². The number of carbonyl (C=O) groups excluding carboxylic acids is 1. The van der Waals surface area contributed by atoms with Gasteiger partial charge >= 0.3 is 5.63 Å². The molecular weight excluding hydrogens is 402 g/mol. The van der Waals surface area contributed by atoms with Crippen LogP contribution in [-0.4, -0.2) is 36.9 Å². The molecule has 2 aromatic carbocycles. The first-order valence-electron chi connectivity index (χ1n) is 11.4. The van der Waals surface area contributed by atoms with E-state index >= 15 is 0 Å². The number of benzene rings is 2. The number of nitrogens with zero attached hydrogens (tertiary/aromatic N) is 1. The van der Waals surface area contributed by atoms with E-state index in [9.17, 15) is 9.59 Å². The number of likely N-dealkylation sites (tertiary alicyclic amines) is 1. The van der Waals surface area contributed by atoms with E-state index < -0.39 is 5.63 Å². The van der Waals surface area contributed by atoms with E-state index in [1.165, 1.54) is 5.56 Å². The Morgan fingerprint density at radius 1 is 1.09 bits per heavy atom. The van der Waals surface area contributed by atoms with Crippen LogP contribution < -0.4 is 10.4 Å². The van der Waals surface area contributed by atoms with Crippen LogP contribution in [0.4, 0.5) is 0 Å². The third-order valence-electron chi connectivity index (χ3n) is 6.32. The lowest BCUT2D eigenvalue weighted by molar-refractivity contribution is -0.117. The van der Waals surface area contributed by atoms with Crippen LogP contribution in [-0.2, 0) is 24.1 Å². The first-order valence-corrected chi connectivity index (χ1v) is 11.4. The number of aryl methyl sites for hydroxylation is 2. The second kappa shape index (κ2) is 9.70. The van der Waals surface area contributed by atoms with Crippen molar-refractivity contribution in [3.8, 4) is 5.75 Å². The second-order valence-electron chi connectivity index (χ2n) is 8.85. The molecule has 3 aromatic rings. The van der Waals surface area contributed by atoms with Crippen LogP contribution in [0.25, 0.3) is 11.0 Å². The normalized spacial score (nSPS) is 15.2. The first-order chi connectivity index (χ1) is 15.4. The van der Waals surface area contributed by atoms with Gasteiger partial charge in [-0.1, -0.05) is 31.2 Å². The Balaban J connectivity index is 1.50. The maximum Gasteiger partial charge on any atom is 0.339 e. The average Bonchev–Trinajstić information content (AvgIpc) is 2.78. The van der Waals surface area contributed by atoms with Crippen molar-refractivity contribution >= 4 is 16.8 Å². The Morgan fingerprint density at radius 3 is 2.59 bits per heavy atom. The van der Waals surface area contributed by atoms with Crippen molar-refractivity contribution in [1.82, 2.24) is 4.90 Å². The molecule has 2 heterocycles. The Labute approximate surface area is 189 Å². The van der Waals surface area contributed by atoms with Gasteiger partial charge in [-0.3, -0.25) is 4.79 Å². The van der Waals surface area contributed by atoms with E-state index in [-0.39, 0.29) is 18.3 Å². The van der Waals surface area contributed by atoms with Gasteiger partial charge in [-0.25, -0.2) is 4.79 Å². The lowest BCUT2D eigenvalue weighted by atomic mass is 10.0. The molecule has 5 nitrogen and oxygen atoms in total. The van der Waals surface area contributed by atoms with Crippen LogP contribution in [0.3, 0.4) is 0 Å². The fourth-order valence-corrected chi connectivity index (χ4v) is 4.34. The number of rotatable bonds is 7. The summed E-state index contributed by atoms with van der Waals surface area (Å²) in [4.78, 5) is 27.6. The molecule has 0 amide bonds. The van der Waals surface area contributed by atoms with Gasteiger partial charge in [0.15, 0.2) is 0 Å². The highest BCUT2D eigenvalue weighted by molar-refractivity contribution is 5.86. The second-order valence-corrected chi connectivity index (χ2v) is 8.85. The zero-order valence-electron chi connectivity index (χ0n) is 19.1. The number of hydrogen-bond acceptors (Lipinski definition) is 5. The summed E-state index contributed by atoms with van der Waals surface area (Å²) in [6.45, 7) is 6.05. The van der Waals surface area contributed by atoms with E-state index in [0.717, 1.165) is 54.6 Å². The predicted octanol–water partition coefficient (Wildman–Crippen LogP) is 4.49. The Kier molecular flexibility index (Phi) is 6.75. The summed E-state index contributed by atoms with van der Waals surface area (Å²) in [5.74, 6) is 0.763. The van der Waals surface area contributed by atoms with E-state index in [1.807, 2.05) is 31.2 Å². The molecule has 5 heteroatoms. The minimum atomic E-state index is -0.451. The fraction of sp³-hybridized carbons (Fsp3) is 0.407. The zero-order valence-corrected chi connectivity index (χ0v) is 19.1. The number of ether oxygens (including phenoxy) is 1. The molecule has 4 rings (SSSR count). The van der Waals surface area contributed by atoms with Crippen LogP contribution in [0, 0.1) is 6.92 Å². The maximum absolute atomic E-state index is 12.6. The van der Waals surface area contributed by atoms with Gasteiger partial charge in [0.2, 0.25) is 0 Å². The first kappa shape index (κ1) is 22.3. The number of fused-ring (bicyclic) bond motifs is 1. The van der Waals surface area contributed by atoms with Gasteiger partial charge in [-0.05, 0) is 62.6 Å². The summed E-state index contributed by atoms with van der Waals surface area (Å²) < 4.78 is 11.9. The zero-order chi connectivity index (χ0) is 22.7. The minimum Gasteiger partial charge on any atom is -0.490 e. The molecule has 1 saturated heterocycles. The van der Waals surface area contributed by atoms with E-state index in [0.29, 0.717) is 17.6 Å². The Hall–Kier alpha value is -2.92. The topological polar surface area (TPSA) is 59.8 Å². The molecule has 0 radical (unpaired) electrons. The number of ketones is 1. The van der Waals surface area contributed by atoms with Gasteiger partial charge in [0.25, 0.3) is 0 Å². The minimum absolute atomic E-state index is 0.00356. The molecule has 0 N–H and O–H groups in total. The van der Waals surface area contributed by atoms with E-state index in [4.69, 9.17) is 9.15 Å². The van der Waals surface area contributed by atoms with Crippen LogP contribution in [0.2, 0.25) is 0 Å². The molecule has 32 heavy (non-hydrogen) atoms. The van der Waals surface area contributed by atoms with Crippen LogP contribution in [0.15, 0.2) is 51.7 Å². The van der Waals surface area contributed by atoms with Crippen molar-refractivity contribution in [2.45, 2.75) is 52.1 Å². The number of carbonyl (C=O) groups is 1. The summed E-state index contributed by atoms with van der Waals surface area (Å²) in [5.41, 5.74) is 3.49. The largest absolute Gasteiger partial charge is 0.490 e. The molecule has 0 bridgehead atoms. The molecule has 1 aliphatic rings. The highest BCUT2D eigenvalue weighted by Gasteiger charge is 2.20. The van der Waals surface area contributed by atoms with Gasteiger partial charge in [-0.2, -0.15) is 0 Å². The molecule has 1 aliphatic heterocycles. The quantitative estimate of drug-likeness (QED) is 0.514. The van der Waals surface area contributed by atoms with E-state index in [2.05, 4.69) is 31.0 Å². The maximum atomic E-state index is 12.6. The van der Waals surface area contributed by atoms with Crippen molar-refractivity contribution in [3.05, 3.63) is 75.1 Å². The number of Topliss-reactive ketones (excluding diaryl/α,β-unsaturated/α-hetero) is 1. The standard InChI is InChI=1S/C27H31NO4/c1-4-19-6-5-7-20(14-19)15-23(29)17-22-16-21-8-9-25(18(2)26(21)32-27(22)30)31-24-10-12-28(3)13-11-24/h5-9,14,16,24H,4,10-13,15,17H2,1-3H3. The van der Waals surface area contributed by atoms with Gasteiger partial charge in [0, 0.05) is 42.4 Å². The predicted molar refractivity (Wildman–Crippen MR) is 127 cm³/mol. The SMILES string of the molecule is CCc1cccc(CC(=O)Cc2cc3ccc(OC4CCN(C)CC4)c(C)c3oc2=O)c1. The van der Waals surface area contributed by atoms with Gasteiger partial charge in [-0.15, -0.1) is 0 Å². The molecule has 168 valence electrons. The number of hydrogen-bond donors (Lipinski definition) is 0. The molecule has 0 aliphatic carbocycles. The van der Waals surface area contributed by atoms with Crippen molar-refractivity contribution in [2.24, 2.45) is 0 Å². The van der Waals surface area contributed by atoms with E-state index in [1.54, 1.807) is 6.07 Å². The van der Waals surface area contributed by atoms with Crippen molar-refractivity contribution in [3.63, 3.8) is 0 Å². The molecule has 0 atom stereocenters. The molecule has 0 saturated carbocycles. The molecule has 0 spiro atoms.